The van der Waals surface area contributed by atoms with Crippen molar-refractivity contribution in [1.29, 1.82) is 0 Å². The molecule has 438 valence electrons. The minimum atomic E-state index is -2.11. The highest BCUT2D eigenvalue weighted by atomic mass is 16.7. The molecule has 2 saturated heterocycles. The van der Waals surface area contributed by atoms with Gasteiger partial charge >= 0.3 is 12.1 Å². The molecule has 3 aromatic rings. The number of aliphatic hydroxyl groups is 1. The lowest BCUT2D eigenvalue weighted by Gasteiger charge is -2.41. The number of fused-ring (bicyclic) bond motifs is 4. The fourth-order valence-corrected chi connectivity index (χ4v) is 10.8. The number of amides is 7. The first-order chi connectivity index (χ1) is 39.1. The van der Waals surface area contributed by atoms with Crippen molar-refractivity contribution >= 4 is 65.0 Å². The van der Waals surface area contributed by atoms with Gasteiger partial charge in [0.15, 0.2) is 24.1 Å². The van der Waals surface area contributed by atoms with Crippen LogP contribution in [0.2, 0.25) is 0 Å². The van der Waals surface area contributed by atoms with Crippen LogP contribution in [0.15, 0.2) is 59.6 Å². The van der Waals surface area contributed by atoms with E-state index >= 15 is 0 Å². The van der Waals surface area contributed by atoms with E-state index in [4.69, 9.17) is 29.4 Å². The average molecular weight is 1140 g/mol. The summed E-state index contributed by atoms with van der Waals surface area (Å²) >= 11 is 0. The van der Waals surface area contributed by atoms with E-state index in [9.17, 15) is 58.5 Å². The van der Waals surface area contributed by atoms with E-state index in [1.165, 1.54) is 37.6 Å². The van der Waals surface area contributed by atoms with Crippen molar-refractivity contribution in [1.82, 2.24) is 20.9 Å². The van der Waals surface area contributed by atoms with Gasteiger partial charge in [-0.25, -0.2) is 9.59 Å². The molecule has 3 aromatic carbocycles. The molecule has 7 amide bonds. The third kappa shape index (κ3) is 13.8. The van der Waals surface area contributed by atoms with Gasteiger partial charge in [0.25, 0.3) is 0 Å². The summed E-state index contributed by atoms with van der Waals surface area (Å²) in [5, 5.41) is 46.0. The molecule has 0 bridgehead atoms. The number of hydrogen-bond acceptors (Lipinski definition) is 17. The molecule has 9 N–H and O–H groups in total. The Kier molecular flexibility index (Phi) is 18.9. The third-order valence-corrected chi connectivity index (χ3v) is 15.2. The van der Waals surface area contributed by atoms with Crippen molar-refractivity contribution in [2.45, 2.75) is 147 Å². The Balaban J connectivity index is 0.844. The maximum Gasteiger partial charge on any atom is 0.433 e. The number of carbonyl (C=O) groups is 9. The van der Waals surface area contributed by atoms with Crippen LogP contribution in [0.4, 0.5) is 15.3 Å². The van der Waals surface area contributed by atoms with Crippen molar-refractivity contribution < 1.29 is 82.2 Å². The number of nitrogens with two attached hydrogens (primary N) is 1. The number of Topliss-reactive ketones (excluding diaryl/α,β-unsaturated/α-hetero) is 1. The standard InChI is InChI=1S/C58H69N7O17/c1-29(2)48(64-41(67)14-7-6-8-22-65-42(68)20-19-39-55(65)82-39)54(74)63-37(12-10-21-60-56(59)75)53(73)62-34-17-15-32(16-18-34)28-79-57(76)61-27-33-23-30(3)80-43(24-33)81-40-26-58(77,31(4)66)25-36-45(40)52(72)47-46(50(36)70)49(69)35-11-9-13-38(78-5)44(35)51(47)71/h9,11,13,15-20,27,29-30,33,37,39-40,43,48,55,70,72,77H,6-8,10,12,14,21-26,28H2,1-5H3,(H,62,73)(H,63,74)(H,64,67)(H3,59,60,75)/t30-,33?,37-,39?,40-,43-,48-,55?,58-/m0/s1. The van der Waals surface area contributed by atoms with Crippen molar-refractivity contribution in [2.75, 3.05) is 25.5 Å². The van der Waals surface area contributed by atoms with Gasteiger partial charge < -0.3 is 70.9 Å². The van der Waals surface area contributed by atoms with Crippen molar-refractivity contribution in [3.8, 4) is 17.2 Å². The summed E-state index contributed by atoms with van der Waals surface area (Å²) < 4.78 is 28.7. The molecule has 2 aliphatic carbocycles. The number of nitrogens with zero attached hydrogens (tertiary/aromatic N) is 2. The second kappa shape index (κ2) is 25.8. The first-order valence-electron chi connectivity index (χ1n) is 27.4. The molecule has 0 aromatic heterocycles. The van der Waals surface area contributed by atoms with Gasteiger partial charge in [0, 0.05) is 79.4 Å². The van der Waals surface area contributed by atoms with Crippen LogP contribution in [-0.4, -0.2) is 142 Å². The topological polar surface area (TPSA) is 354 Å². The SMILES string of the molecule is COc1cccc2c1C(=O)c1c(O)c3c(c(O)c1C2=O)C[C@@](O)(C(C)=O)C[C@@H]3O[C@H]1CC(C=NC(=O)OCc2ccc(NC(=O)[C@H](CCCNC(N)=O)NC(=O)[C@@H](NC(=O)CCCCCN3C(=O)C=CC4OC43)C(C)C)cc2)C[C@H](C)O1. The summed E-state index contributed by atoms with van der Waals surface area (Å²) in [7, 11) is 1.32. The number of carbonyl (C=O) groups excluding carboxylic acids is 9. The number of aromatic hydroxyl groups is 2. The first kappa shape index (κ1) is 60.0. The summed E-state index contributed by atoms with van der Waals surface area (Å²) in [6.07, 6.45) is 2.57. The number of primary amides is 1. The number of hydrogen-bond donors (Lipinski definition) is 8. The van der Waals surface area contributed by atoms with Crippen molar-refractivity contribution in [2.24, 2.45) is 22.6 Å². The predicted octanol–water partition coefficient (Wildman–Crippen LogP) is 4.45. The number of ether oxygens (including phenoxy) is 5. The Morgan fingerprint density at radius 3 is 2.37 bits per heavy atom. The van der Waals surface area contributed by atoms with Gasteiger partial charge in [-0.15, -0.1) is 0 Å². The highest BCUT2D eigenvalue weighted by Gasteiger charge is 2.50. The largest absolute Gasteiger partial charge is 0.507 e. The highest BCUT2D eigenvalue weighted by molar-refractivity contribution is 6.31. The molecule has 2 fully saturated rings. The number of rotatable bonds is 23. The third-order valence-electron chi connectivity index (χ3n) is 15.2. The van der Waals surface area contributed by atoms with Crippen molar-refractivity contribution in [3.63, 3.8) is 0 Å². The van der Waals surface area contributed by atoms with Gasteiger partial charge in [0.05, 0.1) is 36.0 Å². The van der Waals surface area contributed by atoms with Crippen LogP contribution in [0.5, 0.6) is 17.2 Å². The lowest BCUT2D eigenvalue weighted by molar-refractivity contribution is -0.227. The normalized spacial score (nSPS) is 23.2. The lowest BCUT2D eigenvalue weighted by Crippen LogP contribution is -2.54. The van der Waals surface area contributed by atoms with Gasteiger partial charge in [-0.05, 0) is 81.7 Å². The monoisotopic (exact) mass is 1140 g/mol. The van der Waals surface area contributed by atoms with Gasteiger partial charge in [-0.2, -0.15) is 4.99 Å². The van der Waals surface area contributed by atoms with Gasteiger partial charge in [-0.1, -0.05) is 44.5 Å². The number of methoxy groups -OCH3 is 1. The van der Waals surface area contributed by atoms with Crippen LogP contribution < -0.4 is 31.7 Å². The van der Waals surface area contributed by atoms with Crippen LogP contribution in [0, 0.1) is 11.8 Å². The quantitative estimate of drug-likeness (QED) is 0.0220. The highest BCUT2D eigenvalue weighted by Crippen LogP contribution is 2.53. The van der Waals surface area contributed by atoms with E-state index in [0.29, 0.717) is 43.5 Å². The van der Waals surface area contributed by atoms with E-state index in [1.807, 2.05) is 0 Å². The van der Waals surface area contributed by atoms with Gasteiger partial charge in [-0.3, -0.25) is 33.6 Å². The molecular formula is C58H69N7O17. The Bertz CT molecular complexity index is 3070. The van der Waals surface area contributed by atoms with E-state index in [1.54, 1.807) is 56.0 Å². The van der Waals surface area contributed by atoms with E-state index in [2.05, 4.69) is 26.3 Å². The predicted molar refractivity (Wildman–Crippen MR) is 292 cm³/mol. The van der Waals surface area contributed by atoms with Crippen LogP contribution in [0.1, 0.15) is 140 Å². The summed E-state index contributed by atoms with van der Waals surface area (Å²) in [4.78, 5) is 123. The number of aliphatic imine (C=N–C) groups is 1. The summed E-state index contributed by atoms with van der Waals surface area (Å²) in [6, 6.07) is 7.93. The fourth-order valence-electron chi connectivity index (χ4n) is 10.8. The van der Waals surface area contributed by atoms with Crippen LogP contribution in [0.25, 0.3) is 0 Å². The molecule has 24 heteroatoms. The number of phenols is 2. The molecule has 5 aliphatic rings. The smallest absolute Gasteiger partial charge is 0.433 e. The molecule has 24 nitrogen and oxygen atoms in total. The first-order valence-corrected chi connectivity index (χ1v) is 27.4. The molecule has 0 saturated carbocycles. The number of urea groups is 1. The molecule has 3 unspecified atom stereocenters. The fraction of sp³-hybridized carbons (Fsp3) is 0.483. The zero-order chi connectivity index (χ0) is 59.2. The Morgan fingerprint density at radius 1 is 0.915 bits per heavy atom. The second-order valence-corrected chi connectivity index (χ2v) is 21.6. The summed E-state index contributed by atoms with van der Waals surface area (Å²) in [6.45, 7) is 6.88. The number of epoxide rings is 1. The molecule has 0 radical (unpaired) electrons. The molecule has 3 aliphatic heterocycles. The van der Waals surface area contributed by atoms with Crippen LogP contribution in [0.3, 0.4) is 0 Å². The maximum absolute atomic E-state index is 14.0. The molecular weight excluding hydrogens is 1070 g/mol. The summed E-state index contributed by atoms with van der Waals surface area (Å²) in [5.74, 6) is -5.86. The number of anilines is 1. The average Bonchev–Trinajstić information content (AvgIpc) is 2.17. The molecule has 8 rings (SSSR count). The number of phenolic OH excluding ortho intramolecular Hbond substituents is 2. The molecule has 82 heavy (non-hydrogen) atoms. The Hall–Kier alpha value is -8.06. The molecule has 3 heterocycles. The van der Waals surface area contributed by atoms with Crippen molar-refractivity contribution in [3.05, 3.63) is 93.6 Å². The maximum atomic E-state index is 14.0. The minimum absolute atomic E-state index is 0.0468. The number of unbranched alkanes of at least 4 members (excludes halogenated alkanes) is 2. The zero-order valence-corrected chi connectivity index (χ0v) is 46.2. The molecule has 9 atom stereocenters. The minimum Gasteiger partial charge on any atom is -0.507 e. The number of benzene rings is 3. The Morgan fingerprint density at radius 2 is 1.66 bits per heavy atom. The van der Waals surface area contributed by atoms with E-state index in [-0.39, 0.29) is 96.9 Å². The van der Waals surface area contributed by atoms with E-state index < -0.39 is 119 Å². The Labute approximate surface area is 472 Å². The second-order valence-electron chi connectivity index (χ2n) is 21.6. The van der Waals surface area contributed by atoms with Crippen LogP contribution >= 0.6 is 0 Å². The van der Waals surface area contributed by atoms with Gasteiger partial charge in [0.1, 0.15) is 47.6 Å². The lowest BCUT2D eigenvalue weighted by atomic mass is 9.72. The number of nitrogens with one attached hydrogen (secondary N) is 4. The number of ketones is 3. The summed E-state index contributed by atoms with van der Waals surface area (Å²) in [5.41, 5.74) is 2.64. The van der Waals surface area contributed by atoms with Gasteiger partial charge in [0.2, 0.25) is 29.4 Å². The molecule has 0 spiro atoms. The van der Waals surface area contributed by atoms with E-state index in [0.717, 1.165) is 6.92 Å². The van der Waals surface area contributed by atoms with Crippen LogP contribution in [-0.2, 0) is 55.9 Å². The zero-order valence-electron chi connectivity index (χ0n) is 46.2.